The molecule has 0 aliphatic rings. The maximum Gasteiger partial charge on any atom is 0.261 e. The summed E-state index contributed by atoms with van der Waals surface area (Å²) < 4.78 is 37.8. The molecular weight excluding hydrogens is 342 g/mol. The average molecular weight is 359 g/mol. The Morgan fingerprint density at radius 2 is 1.80 bits per heavy atom. The number of anilines is 1. The van der Waals surface area contributed by atoms with Gasteiger partial charge in [0.2, 0.25) is 5.88 Å². The van der Waals surface area contributed by atoms with Crippen LogP contribution in [-0.4, -0.2) is 25.5 Å². The molecule has 3 aromatic rings. The quantitative estimate of drug-likeness (QED) is 0.752. The number of rotatable bonds is 5. The van der Waals surface area contributed by atoms with E-state index in [4.69, 9.17) is 9.15 Å². The van der Waals surface area contributed by atoms with Gasteiger partial charge in [0.1, 0.15) is 11.5 Å². The first-order valence-electron chi connectivity index (χ1n) is 7.46. The molecule has 0 amide bonds. The van der Waals surface area contributed by atoms with Crippen LogP contribution in [-0.2, 0) is 10.0 Å². The predicted molar refractivity (Wildman–Crippen MR) is 93.0 cm³/mol. The number of aryl methyl sites for hydroxylation is 2. The van der Waals surface area contributed by atoms with E-state index >= 15 is 0 Å². The minimum atomic E-state index is -3.71. The van der Waals surface area contributed by atoms with Gasteiger partial charge in [0, 0.05) is 18.6 Å². The lowest BCUT2D eigenvalue weighted by atomic mass is 10.1. The highest BCUT2D eigenvalue weighted by atomic mass is 32.2. The normalized spacial score (nSPS) is 11.3. The first-order chi connectivity index (χ1) is 11.9. The number of sulfonamides is 1. The lowest BCUT2D eigenvalue weighted by Gasteiger charge is -2.08. The topological polar surface area (TPSA) is 94.3 Å². The number of aromatic nitrogens is 2. The molecule has 0 aliphatic carbocycles. The van der Waals surface area contributed by atoms with Crippen molar-refractivity contribution in [2.45, 2.75) is 18.7 Å². The van der Waals surface area contributed by atoms with Crippen molar-refractivity contribution < 1.29 is 17.6 Å². The van der Waals surface area contributed by atoms with Crippen molar-refractivity contribution in [3.05, 3.63) is 54.2 Å². The van der Waals surface area contributed by atoms with Gasteiger partial charge in [-0.3, -0.25) is 4.72 Å². The molecule has 25 heavy (non-hydrogen) atoms. The van der Waals surface area contributed by atoms with Gasteiger partial charge in [0.25, 0.3) is 10.0 Å². The molecule has 2 heterocycles. The van der Waals surface area contributed by atoms with Crippen molar-refractivity contribution in [3.8, 4) is 17.1 Å². The first-order valence-corrected chi connectivity index (χ1v) is 8.95. The number of benzene rings is 1. The summed E-state index contributed by atoms with van der Waals surface area (Å²) in [6.07, 6.45) is 1.40. The molecule has 0 spiro atoms. The Bertz CT molecular complexity index is 978. The first kappa shape index (κ1) is 17.0. The number of hydrogen-bond donors (Lipinski definition) is 1. The summed E-state index contributed by atoms with van der Waals surface area (Å²) in [5, 5.41) is 0. The Hall–Kier alpha value is -2.87. The molecule has 0 radical (unpaired) electrons. The van der Waals surface area contributed by atoms with Crippen LogP contribution in [0.5, 0.6) is 5.88 Å². The Morgan fingerprint density at radius 3 is 2.32 bits per heavy atom. The summed E-state index contributed by atoms with van der Waals surface area (Å²) in [6.45, 7) is 3.58. The van der Waals surface area contributed by atoms with Gasteiger partial charge in [-0.15, -0.1) is 0 Å². The minimum Gasteiger partial charge on any atom is -0.481 e. The third kappa shape index (κ3) is 3.63. The van der Waals surface area contributed by atoms with E-state index in [2.05, 4.69) is 14.7 Å². The van der Waals surface area contributed by atoms with E-state index in [1.54, 1.807) is 31.2 Å². The van der Waals surface area contributed by atoms with Crippen LogP contribution in [0.25, 0.3) is 11.3 Å². The van der Waals surface area contributed by atoms with Gasteiger partial charge in [-0.05, 0) is 25.1 Å². The average Bonchev–Trinajstić information content (AvgIpc) is 2.94. The molecule has 8 heteroatoms. The predicted octanol–water partition coefficient (Wildman–Crippen LogP) is 3.16. The highest BCUT2D eigenvalue weighted by molar-refractivity contribution is 7.92. The summed E-state index contributed by atoms with van der Waals surface area (Å²) in [7, 11) is -2.22. The van der Waals surface area contributed by atoms with Crippen molar-refractivity contribution >= 4 is 15.7 Å². The van der Waals surface area contributed by atoms with Gasteiger partial charge >= 0.3 is 0 Å². The second-order valence-electron chi connectivity index (χ2n) is 5.36. The van der Waals surface area contributed by atoms with Crippen molar-refractivity contribution in [1.29, 1.82) is 0 Å². The number of pyridine rings is 1. The maximum absolute atomic E-state index is 12.5. The number of nitrogens with one attached hydrogen (secondary N) is 1. The maximum atomic E-state index is 12.5. The number of nitrogens with zero attached hydrogens (tertiary/aromatic N) is 2. The Balaban J connectivity index is 1.83. The summed E-state index contributed by atoms with van der Waals surface area (Å²) in [5.74, 6) is 1.67. The van der Waals surface area contributed by atoms with Gasteiger partial charge in [-0.25, -0.2) is 18.4 Å². The molecule has 1 N–H and O–H groups in total. The lowest BCUT2D eigenvalue weighted by molar-refractivity contribution is 0.398. The van der Waals surface area contributed by atoms with Crippen molar-refractivity contribution in [2.75, 3.05) is 11.8 Å². The molecule has 3 rings (SSSR count). The molecule has 0 bridgehead atoms. The van der Waals surface area contributed by atoms with E-state index in [1.165, 1.54) is 25.4 Å². The number of ether oxygens (including phenoxy) is 1. The second-order valence-corrected chi connectivity index (χ2v) is 7.04. The molecule has 0 atom stereocenters. The van der Waals surface area contributed by atoms with E-state index in [-0.39, 0.29) is 4.90 Å². The molecule has 0 saturated carbocycles. The molecule has 0 fully saturated rings. The fourth-order valence-corrected chi connectivity index (χ4v) is 3.41. The Morgan fingerprint density at radius 1 is 1.08 bits per heavy atom. The van der Waals surface area contributed by atoms with Crippen LogP contribution in [0.2, 0.25) is 0 Å². The zero-order valence-electron chi connectivity index (χ0n) is 14.0. The number of hydrogen-bond acceptors (Lipinski definition) is 6. The highest BCUT2D eigenvalue weighted by Crippen LogP contribution is 2.25. The highest BCUT2D eigenvalue weighted by Gasteiger charge is 2.16. The van der Waals surface area contributed by atoms with E-state index in [0.717, 1.165) is 5.56 Å². The van der Waals surface area contributed by atoms with E-state index in [9.17, 15) is 8.42 Å². The molecular formula is C17H17N3O4S. The minimum absolute atomic E-state index is 0.143. The van der Waals surface area contributed by atoms with Gasteiger partial charge in [0.05, 0.1) is 23.9 Å². The van der Waals surface area contributed by atoms with Crippen molar-refractivity contribution in [1.82, 2.24) is 9.97 Å². The van der Waals surface area contributed by atoms with E-state index in [1.807, 2.05) is 6.92 Å². The monoisotopic (exact) mass is 359 g/mol. The third-order valence-corrected chi connectivity index (χ3v) is 4.94. The molecule has 0 saturated heterocycles. The molecule has 2 aromatic heterocycles. The summed E-state index contributed by atoms with van der Waals surface area (Å²) in [5.41, 5.74) is 1.85. The van der Waals surface area contributed by atoms with E-state index in [0.29, 0.717) is 28.9 Å². The number of methoxy groups -OCH3 is 1. The van der Waals surface area contributed by atoms with Crippen molar-refractivity contribution in [2.24, 2.45) is 0 Å². The zero-order valence-corrected chi connectivity index (χ0v) is 14.8. The lowest BCUT2D eigenvalue weighted by Crippen LogP contribution is -2.13. The van der Waals surface area contributed by atoms with Gasteiger partial charge in [-0.1, -0.05) is 12.1 Å². The number of oxazole rings is 1. The fraction of sp³-hybridized carbons (Fsp3) is 0.176. The van der Waals surface area contributed by atoms with Crippen LogP contribution in [0.4, 0.5) is 5.69 Å². The molecule has 1 aromatic carbocycles. The van der Waals surface area contributed by atoms with Crippen LogP contribution >= 0.6 is 0 Å². The zero-order chi connectivity index (χ0) is 18.0. The van der Waals surface area contributed by atoms with Gasteiger partial charge in [0.15, 0.2) is 5.89 Å². The Labute approximate surface area is 145 Å². The molecule has 0 aliphatic heterocycles. The molecule has 0 unspecified atom stereocenters. The van der Waals surface area contributed by atoms with E-state index < -0.39 is 10.0 Å². The fourth-order valence-electron chi connectivity index (χ4n) is 2.36. The molecule has 7 nitrogen and oxygen atoms in total. The van der Waals surface area contributed by atoms with Crippen LogP contribution in [0.1, 0.15) is 11.7 Å². The van der Waals surface area contributed by atoms with Gasteiger partial charge in [-0.2, -0.15) is 0 Å². The standard InChI is InChI=1S/C17H17N3O4S/c1-11-17(19-12(2)24-11)13-4-7-15(8-5-13)25(21,22)20-14-6-9-16(23-3)18-10-14/h4-10,20H,1-3H3. The summed E-state index contributed by atoms with van der Waals surface area (Å²) in [6, 6.07) is 9.61. The molecule has 130 valence electrons. The SMILES string of the molecule is COc1ccc(NS(=O)(=O)c2ccc(-c3nc(C)oc3C)cc2)cn1. The second kappa shape index (κ2) is 6.56. The van der Waals surface area contributed by atoms with Crippen LogP contribution in [0, 0.1) is 13.8 Å². The third-order valence-electron chi connectivity index (χ3n) is 3.54. The van der Waals surface area contributed by atoms with Gasteiger partial charge < -0.3 is 9.15 Å². The summed E-state index contributed by atoms with van der Waals surface area (Å²) >= 11 is 0. The largest absolute Gasteiger partial charge is 0.481 e. The van der Waals surface area contributed by atoms with Crippen LogP contribution < -0.4 is 9.46 Å². The van der Waals surface area contributed by atoms with Crippen LogP contribution in [0.3, 0.4) is 0 Å². The Kier molecular flexibility index (Phi) is 4.45. The van der Waals surface area contributed by atoms with Crippen molar-refractivity contribution in [3.63, 3.8) is 0 Å². The van der Waals surface area contributed by atoms with Crippen LogP contribution in [0.15, 0.2) is 51.9 Å². The summed E-state index contributed by atoms with van der Waals surface area (Å²) in [4.78, 5) is 8.42. The smallest absolute Gasteiger partial charge is 0.261 e.